The molecule has 0 saturated carbocycles. The van der Waals surface area contributed by atoms with Gasteiger partial charge in [-0.3, -0.25) is 9.69 Å². The molecule has 0 bridgehead atoms. The van der Waals surface area contributed by atoms with Crippen molar-refractivity contribution in [1.82, 2.24) is 4.90 Å². The third kappa shape index (κ3) is 4.10. The number of rotatable bonds is 6. The highest BCUT2D eigenvalue weighted by atomic mass is 79.9. The lowest BCUT2D eigenvalue weighted by Crippen LogP contribution is -2.38. The molecule has 0 fully saturated rings. The molecule has 0 aromatic heterocycles. The number of esters is 1. The number of hydrogen-bond acceptors (Lipinski definition) is 3. The van der Waals surface area contributed by atoms with Crippen LogP contribution >= 0.6 is 15.9 Å². The van der Waals surface area contributed by atoms with Crippen molar-refractivity contribution >= 4 is 21.9 Å². The number of ether oxygens (including phenoxy) is 1. The second kappa shape index (κ2) is 7.54. The molecule has 0 aliphatic carbocycles. The second-order valence-corrected chi connectivity index (χ2v) is 5.04. The van der Waals surface area contributed by atoms with E-state index in [9.17, 15) is 4.79 Å². The van der Waals surface area contributed by atoms with Gasteiger partial charge in [0, 0.05) is 11.0 Å². The highest BCUT2D eigenvalue weighted by molar-refractivity contribution is 9.10. The molecule has 1 atom stereocenters. The lowest BCUT2D eigenvalue weighted by molar-refractivity contribution is -0.149. The summed E-state index contributed by atoms with van der Waals surface area (Å²) in [5.74, 6) is -0.144. The number of benzene rings is 1. The zero-order valence-electron chi connectivity index (χ0n) is 11.1. The maximum absolute atomic E-state index is 11.8. The van der Waals surface area contributed by atoms with E-state index >= 15 is 0 Å². The Hall–Kier alpha value is -0.870. The van der Waals surface area contributed by atoms with Crippen molar-refractivity contribution < 1.29 is 9.53 Å². The Balaban J connectivity index is 2.71. The van der Waals surface area contributed by atoms with E-state index in [-0.39, 0.29) is 12.0 Å². The van der Waals surface area contributed by atoms with Gasteiger partial charge in [-0.25, -0.2) is 0 Å². The fourth-order valence-electron chi connectivity index (χ4n) is 1.90. The minimum atomic E-state index is -0.183. The Kier molecular flexibility index (Phi) is 6.36. The van der Waals surface area contributed by atoms with Crippen molar-refractivity contribution in [2.45, 2.75) is 32.9 Å². The summed E-state index contributed by atoms with van der Waals surface area (Å²) in [4.78, 5) is 13.8. The van der Waals surface area contributed by atoms with Crippen LogP contribution in [0.4, 0.5) is 0 Å². The summed E-state index contributed by atoms with van der Waals surface area (Å²) in [5.41, 5.74) is 1.17. The first-order chi connectivity index (χ1) is 8.60. The van der Waals surface area contributed by atoms with E-state index in [1.165, 1.54) is 5.56 Å². The van der Waals surface area contributed by atoms with Gasteiger partial charge in [-0.05, 0) is 32.0 Å². The van der Waals surface area contributed by atoms with E-state index in [4.69, 9.17) is 4.74 Å². The maximum Gasteiger partial charge on any atom is 0.323 e. The summed E-state index contributed by atoms with van der Waals surface area (Å²) in [7, 11) is 1.95. The van der Waals surface area contributed by atoms with Gasteiger partial charge in [-0.1, -0.05) is 41.1 Å². The molecule has 0 amide bonds. The van der Waals surface area contributed by atoms with Crippen LogP contribution in [0.5, 0.6) is 0 Å². The molecule has 0 saturated heterocycles. The summed E-state index contributed by atoms with van der Waals surface area (Å²) >= 11 is 3.52. The van der Waals surface area contributed by atoms with Crippen molar-refractivity contribution in [3.8, 4) is 0 Å². The maximum atomic E-state index is 11.8. The first-order valence-electron chi connectivity index (χ1n) is 6.20. The number of carbonyl (C=O) groups excluding carboxylic acids is 1. The average Bonchev–Trinajstić information content (AvgIpc) is 2.33. The zero-order valence-corrected chi connectivity index (χ0v) is 12.7. The van der Waals surface area contributed by atoms with Crippen LogP contribution in [0.2, 0.25) is 0 Å². The lowest BCUT2D eigenvalue weighted by Gasteiger charge is -2.25. The van der Waals surface area contributed by atoms with Crippen LogP contribution in [0.25, 0.3) is 0 Å². The molecular formula is C14H20BrNO2. The largest absolute Gasteiger partial charge is 0.465 e. The van der Waals surface area contributed by atoms with Crippen LogP contribution < -0.4 is 0 Å². The van der Waals surface area contributed by atoms with Gasteiger partial charge < -0.3 is 4.74 Å². The number of halogens is 1. The SMILES string of the molecule is CCOC(=O)C(CC)N(C)Cc1ccccc1Br. The molecule has 0 aliphatic heterocycles. The molecule has 1 unspecified atom stereocenters. The number of likely N-dealkylation sites (N-methyl/N-ethyl adjacent to an activating group) is 1. The second-order valence-electron chi connectivity index (χ2n) is 4.18. The first kappa shape index (κ1) is 15.2. The Morgan fingerprint density at radius 1 is 1.39 bits per heavy atom. The molecule has 0 aliphatic rings. The molecule has 18 heavy (non-hydrogen) atoms. The molecule has 0 heterocycles. The van der Waals surface area contributed by atoms with Crippen molar-refractivity contribution in [2.75, 3.05) is 13.7 Å². The summed E-state index contributed by atoms with van der Waals surface area (Å²) in [6.07, 6.45) is 0.750. The predicted molar refractivity (Wildman–Crippen MR) is 76.3 cm³/mol. The highest BCUT2D eigenvalue weighted by Crippen LogP contribution is 2.19. The van der Waals surface area contributed by atoms with Crippen molar-refractivity contribution in [3.05, 3.63) is 34.3 Å². The van der Waals surface area contributed by atoms with Gasteiger partial charge in [-0.15, -0.1) is 0 Å². The average molecular weight is 314 g/mol. The van der Waals surface area contributed by atoms with Crippen molar-refractivity contribution in [1.29, 1.82) is 0 Å². The molecule has 0 radical (unpaired) electrons. The molecule has 100 valence electrons. The van der Waals surface area contributed by atoms with Crippen LogP contribution in [0, 0.1) is 0 Å². The van der Waals surface area contributed by atoms with Gasteiger partial charge in [0.2, 0.25) is 0 Å². The lowest BCUT2D eigenvalue weighted by atomic mass is 10.1. The molecule has 4 heteroatoms. The van der Waals surface area contributed by atoms with Gasteiger partial charge in [-0.2, -0.15) is 0 Å². The smallest absolute Gasteiger partial charge is 0.323 e. The zero-order chi connectivity index (χ0) is 13.5. The van der Waals surface area contributed by atoms with Gasteiger partial charge in [0.05, 0.1) is 6.61 Å². The quantitative estimate of drug-likeness (QED) is 0.755. The van der Waals surface area contributed by atoms with Gasteiger partial charge >= 0.3 is 5.97 Å². The predicted octanol–water partition coefficient (Wildman–Crippen LogP) is 3.22. The molecule has 1 aromatic rings. The minimum Gasteiger partial charge on any atom is -0.465 e. The third-order valence-electron chi connectivity index (χ3n) is 2.86. The van der Waals surface area contributed by atoms with Crippen LogP contribution in [-0.4, -0.2) is 30.6 Å². The summed E-state index contributed by atoms with van der Waals surface area (Å²) in [6.45, 7) is 4.98. The molecule has 1 aromatic carbocycles. The van der Waals surface area contributed by atoms with Crippen LogP contribution in [0.15, 0.2) is 28.7 Å². The standard InChI is InChI=1S/C14H20BrNO2/c1-4-13(14(17)18-5-2)16(3)10-11-8-6-7-9-12(11)15/h6-9,13H,4-5,10H2,1-3H3. The fourth-order valence-corrected chi connectivity index (χ4v) is 2.31. The molecule has 3 nitrogen and oxygen atoms in total. The van der Waals surface area contributed by atoms with Crippen molar-refractivity contribution in [3.63, 3.8) is 0 Å². The number of carbonyl (C=O) groups is 1. The van der Waals surface area contributed by atoms with E-state index in [2.05, 4.69) is 22.0 Å². The highest BCUT2D eigenvalue weighted by Gasteiger charge is 2.22. The summed E-state index contributed by atoms with van der Waals surface area (Å²) in [6, 6.07) is 7.86. The van der Waals surface area contributed by atoms with Crippen LogP contribution in [0.3, 0.4) is 0 Å². The van der Waals surface area contributed by atoms with Gasteiger partial charge in [0.1, 0.15) is 6.04 Å². The van der Waals surface area contributed by atoms with E-state index in [1.807, 2.05) is 44.0 Å². The summed E-state index contributed by atoms with van der Waals surface area (Å²) in [5, 5.41) is 0. The number of nitrogens with zero attached hydrogens (tertiary/aromatic N) is 1. The van der Waals surface area contributed by atoms with E-state index in [1.54, 1.807) is 0 Å². The van der Waals surface area contributed by atoms with Crippen LogP contribution in [0.1, 0.15) is 25.8 Å². The Labute approximate surface area is 117 Å². The molecule has 0 spiro atoms. The minimum absolute atomic E-state index is 0.144. The van der Waals surface area contributed by atoms with Gasteiger partial charge in [0.15, 0.2) is 0 Å². The third-order valence-corrected chi connectivity index (χ3v) is 3.63. The fraction of sp³-hybridized carbons (Fsp3) is 0.500. The Bertz CT molecular complexity index is 395. The summed E-state index contributed by atoms with van der Waals surface area (Å²) < 4.78 is 6.16. The van der Waals surface area contributed by atoms with E-state index in [0.29, 0.717) is 6.61 Å². The van der Waals surface area contributed by atoms with E-state index in [0.717, 1.165) is 17.4 Å². The topological polar surface area (TPSA) is 29.5 Å². The molecule has 1 rings (SSSR count). The van der Waals surface area contributed by atoms with E-state index < -0.39 is 0 Å². The normalized spacial score (nSPS) is 12.5. The Morgan fingerprint density at radius 3 is 2.61 bits per heavy atom. The monoisotopic (exact) mass is 313 g/mol. The first-order valence-corrected chi connectivity index (χ1v) is 6.99. The molecule has 0 N–H and O–H groups in total. The molecular weight excluding hydrogens is 294 g/mol. The van der Waals surface area contributed by atoms with Gasteiger partial charge in [0.25, 0.3) is 0 Å². The Morgan fingerprint density at radius 2 is 2.06 bits per heavy atom. The number of hydrogen-bond donors (Lipinski definition) is 0. The van der Waals surface area contributed by atoms with Crippen molar-refractivity contribution in [2.24, 2.45) is 0 Å². The van der Waals surface area contributed by atoms with Crippen LogP contribution in [-0.2, 0) is 16.1 Å².